The molecule has 1 fully saturated rings. The summed E-state index contributed by atoms with van der Waals surface area (Å²) in [5.41, 5.74) is 2.37. The molecule has 0 aromatic heterocycles. The van der Waals surface area contributed by atoms with Crippen LogP contribution in [0.2, 0.25) is 0 Å². The predicted molar refractivity (Wildman–Crippen MR) is 51.9 cm³/mol. The monoisotopic (exact) mass is 230 g/mol. The lowest BCUT2D eigenvalue weighted by Gasteiger charge is -2.31. The van der Waals surface area contributed by atoms with Gasteiger partial charge < -0.3 is 9.47 Å². The first kappa shape index (κ1) is 12.4. The zero-order chi connectivity index (χ0) is 12.1. The smallest absolute Gasteiger partial charge is 0.311 e. The Balaban J connectivity index is 2.64. The van der Waals surface area contributed by atoms with Crippen molar-refractivity contribution >= 4 is 17.8 Å². The highest BCUT2D eigenvalue weighted by molar-refractivity contribution is 5.88. The first-order valence-electron chi connectivity index (χ1n) is 4.75. The summed E-state index contributed by atoms with van der Waals surface area (Å²) < 4.78 is 9.19. The van der Waals surface area contributed by atoms with E-state index in [1.54, 1.807) is 0 Å². The molecule has 0 spiro atoms. The highest BCUT2D eigenvalue weighted by Gasteiger charge is 2.33. The SMILES string of the molecule is COCC(=O)N1CC(C(=O)OC)CC(=O)N1. The highest BCUT2D eigenvalue weighted by atomic mass is 16.5. The third kappa shape index (κ3) is 2.93. The summed E-state index contributed by atoms with van der Waals surface area (Å²) in [5, 5.41) is 1.08. The standard InChI is InChI=1S/C9H14N2O5/c1-15-5-8(13)11-4-6(9(14)16-2)3-7(12)10-11/h6H,3-5H2,1-2H3,(H,10,12). The highest BCUT2D eigenvalue weighted by Crippen LogP contribution is 2.12. The second-order valence-corrected chi connectivity index (χ2v) is 3.40. The average Bonchev–Trinajstić information content (AvgIpc) is 2.27. The number of methoxy groups -OCH3 is 2. The summed E-state index contributed by atoms with van der Waals surface area (Å²) in [6.45, 7) is -0.0330. The van der Waals surface area contributed by atoms with Crippen LogP contribution in [-0.4, -0.2) is 50.2 Å². The third-order valence-electron chi connectivity index (χ3n) is 2.20. The summed E-state index contributed by atoms with van der Waals surface area (Å²) in [7, 11) is 2.62. The Morgan fingerprint density at radius 1 is 1.50 bits per heavy atom. The molecule has 16 heavy (non-hydrogen) atoms. The second-order valence-electron chi connectivity index (χ2n) is 3.40. The van der Waals surface area contributed by atoms with Gasteiger partial charge in [0.05, 0.1) is 19.6 Å². The molecule has 1 rings (SSSR count). The number of esters is 1. The molecule has 0 bridgehead atoms. The molecule has 1 N–H and O–H groups in total. The summed E-state index contributed by atoms with van der Waals surface area (Å²) in [6.07, 6.45) is 0.0312. The van der Waals surface area contributed by atoms with Crippen molar-refractivity contribution in [2.24, 2.45) is 5.92 Å². The molecule has 1 unspecified atom stereocenters. The summed E-state index contributed by atoms with van der Waals surface area (Å²) in [5.74, 6) is -1.89. The molecule has 0 aromatic carbocycles. The third-order valence-corrected chi connectivity index (χ3v) is 2.20. The van der Waals surface area contributed by atoms with E-state index in [1.165, 1.54) is 14.2 Å². The quantitative estimate of drug-likeness (QED) is 0.608. The topological polar surface area (TPSA) is 84.9 Å². The lowest BCUT2D eigenvalue weighted by atomic mass is 10.0. The Labute approximate surface area is 92.6 Å². The van der Waals surface area contributed by atoms with Crippen molar-refractivity contribution < 1.29 is 23.9 Å². The van der Waals surface area contributed by atoms with Crippen LogP contribution in [0.25, 0.3) is 0 Å². The normalized spacial score (nSPS) is 20.2. The molecular formula is C9H14N2O5. The second kappa shape index (κ2) is 5.45. The molecule has 0 aromatic rings. The Morgan fingerprint density at radius 3 is 2.75 bits per heavy atom. The number of nitrogens with zero attached hydrogens (tertiary/aromatic N) is 1. The number of amides is 2. The van der Waals surface area contributed by atoms with Crippen molar-refractivity contribution in [3.8, 4) is 0 Å². The molecule has 0 aliphatic carbocycles. The maximum absolute atomic E-state index is 11.4. The zero-order valence-corrected chi connectivity index (χ0v) is 9.19. The molecule has 1 saturated heterocycles. The van der Waals surface area contributed by atoms with Crippen molar-refractivity contribution in [1.82, 2.24) is 10.4 Å². The molecule has 90 valence electrons. The largest absolute Gasteiger partial charge is 0.469 e. The van der Waals surface area contributed by atoms with Gasteiger partial charge >= 0.3 is 5.97 Å². The van der Waals surface area contributed by atoms with E-state index in [-0.39, 0.29) is 25.5 Å². The van der Waals surface area contributed by atoms with Crippen molar-refractivity contribution in [2.75, 3.05) is 27.4 Å². The molecule has 1 heterocycles. The summed E-state index contributed by atoms with van der Waals surface area (Å²) in [6, 6.07) is 0. The van der Waals surface area contributed by atoms with Gasteiger partial charge in [0.2, 0.25) is 5.91 Å². The van der Waals surface area contributed by atoms with E-state index in [1.807, 2.05) is 0 Å². The maximum Gasteiger partial charge on any atom is 0.311 e. The van der Waals surface area contributed by atoms with Crippen LogP contribution in [0.15, 0.2) is 0 Å². The van der Waals surface area contributed by atoms with Gasteiger partial charge in [0.25, 0.3) is 5.91 Å². The van der Waals surface area contributed by atoms with Crippen LogP contribution in [0.3, 0.4) is 0 Å². The fourth-order valence-electron chi connectivity index (χ4n) is 1.44. The number of carbonyl (C=O) groups is 3. The Morgan fingerprint density at radius 2 is 2.19 bits per heavy atom. The molecule has 2 amide bonds. The van der Waals surface area contributed by atoms with Crippen LogP contribution in [0.1, 0.15) is 6.42 Å². The molecule has 7 heteroatoms. The van der Waals surface area contributed by atoms with Gasteiger partial charge in [0.15, 0.2) is 0 Å². The van der Waals surface area contributed by atoms with Gasteiger partial charge in [-0.2, -0.15) is 0 Å². The molecular weight excluding hydrogens is 216 g/mol. The van der Waals surface area contributed by atoms with E-state index < -0.39 is 17.8 Å². The van der Waals surface area contributed by atoms with Crippen molar-refractivity contribution in [2.45, 2.75) is 6.42 Å². The van der Waals surface area contributed by atoms with Crippen LogP contribution < -0.4 is 5.43 Å². The van der Waals surface area contributed by atoms with Gasteiger partial charge in [-0.15, -0.1) is 0 Å². The first-order chi connectivity index (χ1) is 7.58. The van der Waals surface area contributed by atoms with Crippen LogP contribution in [0.5, 0.6) is 0 Å². The van der Waals surface area contributed by atoms with E-state index in [0.29, 0.717) is 0 Å². The average molecular weight is 230 g/mol. The number of nitrogens with one attached hydrogen (secondary N) is 1. The van der Waals surface area contributed by atoms with E-state index in [9.17, 15) is 14.4 Å². The number of rotatable bonds is 3. The van der Waals surface area contributed by atoms with Gasteiger partial charge in [0.1, 0.15) is 6.61 Å². The van der Waals surface area contributed by atoms with Crippen LogP contribution in [0, 0.1) is 5.92 Å². The van der Waals surface area contributed by atoms with E-state index in [4.69, 9.17) is 0 Å². The van der Waals surface area contributed by atoms with Crippen LogP contribution >= 0.6 is 0 Å². The minimum absolute atomic E-state index is 0.0312. The van der Waals surface area contributed by atoms with Crippen LogP contribution in [-0.2, 0) is 23.9 Å². The lowest BCUT2D eigenvalue weighted by molar-refractivity contribution is -0.158. The summed E-state index contributed by atoms with van der Waals surface area (Å²) >= 11 is 0. The number of carbonyl (C=O) groups excluding carboxylic acids is 3. The Bertz CT molecular complexity index is 304. The van der Waals surface area contributed by atoms with Crippen molar-refractivity contribution in [1.29, 1.82) is 0 Å². The molecule has 0 saturated carbocycles. The van der Waals surface area contributed by atoms with E-state index in [0.717, 1.165) is 5.01 Å². The number of ether oxygens (including phenoxy) is 2. The van der Waals surface area contributed by atoms with Crippen LogP contribution in [0.4, 0.5) is 0 Å². The van der Waals surface area contributed by atoms with Crippen molar-refractivity contribution in [3.05, 3.63) is 0 Å². The number of hydrogen-bond acceptors (Lipinski definition) is 5. The van der Waals surface area contributed by atoms with Gasteiger partial charge in [-0.05, 0) is 0 Å². The van der Waals surface area contributed by atoms with Gasteiger partial charge in [-0.25, -0.2) is 0 Å². The summed E-state index contributed by atoms with van der Waals surface area (Å²) in [4.78, 5) is 34.0. The number of hydrogen-bond donors (Lipinski definition) is 1. The van der Waals surface area contributed by atoms with E-state index >= 15 is 0 Å². The number of hydrazine groups is 1. The van der Waals surface area contributed by atoms with Crippen molar-refractivity contribution in [3.63, 3.8) is 0 Å². The molecule has 1 aliphatic heterocycles. The van der Waals surface area contributed by atoms with Gasteiger partial charge in [-0.3, -0.25) is 24.8 Å². The Kier molecular flexibility index (Phi) is 4.24. The van der Waals surface area contributed by atoms with Gasteiger partial charge in [0, 0.05) is 13.5 Å². The maximum atomic E-state index is 11.4. The zero-order valence-electron chi connectivity index (χ0n) is 9.19. The molecule has 1 aliphatic rings. The molecule has 7 nitrogen and oxygen atoms in total. The molecule has 1 atom stereocenters. The van der Waals surface area contributed by atoms with E-state index in [2.05, 4.69) is 14.9 Å². The minimum atomic E-state index is -0.612. The minimum Gasteiger partial charge on any atom is -0.469 e. The predicted octanol–water partition coefficient (Wildman–Crippen LogP) is -1.31. The fraction of sp³-hybridized carbons (Fsp3) is 0.667. The fourth-order valence-corrected chi connectivity index (χ4v) is 1.44. The van der Waals surface area contributed by atoms with Gasteiger partial charge in [-0.1, -0.05) is 0 Å². The lowest BCUT2D eigenvalue weighted by Crippen LogP contribution is -2.55. The molecule has 0 radical (unpaired) electrons. The first-order valence-corrected chi connectivity index (χ1v) is 4.75. The Hall–Kier alpha value is -1.63.